The van der Waals surface area contributed by atoms with E-state index in [1.165, 1.54) is 0 Å². The van der Waals surface area contributed by atoms with Crippen molar-refractivity contribution in [2.75, 3.05) is 0 Å². The minimum absolute atomic E-state index is 0.125. The van der Waals surface area contributed by atoms with Crippen LogP contribution in [0, 0.1) is 11.7 Å². The molecule has 5 nitrogen and oxygen atoms in total. The lowest BCUT2D eigenvalue weighted by Gasteiger charge is -2.19. The van der Waals surface area contributed by atoms with Crippen LogP contribution in [0.1, 0.15) is 69.1 Å². The topological polar surface area (TPSA) is 35.9 Å². The summed E-state index contributed by atoms with van der Waals surface area (Å²) in [6, 6.07) is 29.9. The Hall–Kier alpha value is -7.24. The maximum atomic E-state index is 9.09. The van der Waals surface area contributed by atoms with Gasteiger partial charge in [0, 0.05) is 25.8 Å². The van der Waals surface area contributed by atoms with Crippen molar-refractivity contribution in [3.63, 3.8) is 0 Å². The van der Waals surface area contributed by atoms with Crippen molar-refractivity contribution in [2.45, 2.75) is 53.3 Å². The Kier molecular flexibility index (Phi) is 6.82. The van der Waals surface area contributed by atoms with E-state index in [1.54, 1.807) is 45.7 Å². The van der Waals surface area contributed by atoms with Gasteiger partial charge in [0.05, 0.1) is 47.1 Å². The largest absolute Gasteiger partial charge is 0.458 e. The van der Waals surface area contributed by atoms with Gasteiger partial charge in [0.2, 0.25) is 0 Å². The number of benzene rings is 7. The first-order chi connectivity index (χ1) is 34.9. The third-order valence-corrected chi connectivity index (χ3v) is 10.8. The number of hydrogen-bond donors (Lipinski definition) is 0. The van der Waals surface area contributed by atoms with Crippen LogP contribution in [0.25, 0.3) is 72.3 Å². The average molecular weight is 819 g/mol. The zero-order valence-corrected chi connectivity index (χ0v) is 35.2. The van der Waals surface area contributed by atoms with Crippen LogP contribution in [0.4, 0.5) is 0 Å². The van der Waals surface area contributed by atoms with Crippen LogP contribution in [-0.2, 0) is 11.8 Å². The predicted octanol–water partition coefficient (Wildman–Crippen LogP) is 14.2. The van der Waals surface area contributed by atoms with Crippen molar-refractivity contribution >= 4 is 32.8 Å². The lowest BCUT2D eigenvalue weighted by Crippen LogP contribution is -2.31. The van der Waals surface area contributed by atoms with Gasteiger partial charge in [-0.3, -0.25) is 13.7 Å². The highest BCUT2D eigenvalue weighted by molar-refractivity contribution is 6.09. The Labute approximate surface area is 381 Å². The summed E-state index contributed by atoms with van der Waals surface area (Å²) in [6.45, 7) is 12.2. The Bertz CT molecular complexity index is 3810. The number of imidazole rings is 1. The standard InChI is InChI=1S/C57H50N4O/c1-56(2,3)37-39-31-32-58-54(33-39)61-50-30-27-42(57(4,5)6)34-49(50)48-29-28-45(36-53(48)61)62-44-22-15-21-43(35-44)59-38-60(52-26-14-13-25-51(52)59)55-46(40-17-9-7-10-18-40)23-16-24-47(55)41-19-11-8-12-20-41/h7-36H,37H2,1-6H3/i7D,8D,9D,10D,11D,12D,17D,18D,19D,20D,37D2. The van der Waals surface area contributed by atoms with E-state index in [9.17, 15) is 0 Å². The van der Waals surface area contributed by atoms with E-state index in [1.807, 2.05) is 92.1 Å². The minimum atomic E-state index is -1.66. The highest BCUT2D eigenvalue weighted by atomic mass is 16.5. The summed E-state index contributed by atoms with van der Waals surface area (Å²) in [5.41, 5.74) is 4.48. The van der Waals surface area contributed by atoms with Gasteiger partial charge < -0.3 is 4.74 Å². The van der Waals surface area contributed by atoms with Crippen LogP contribution in [-0.4, -0.2) is 14.1 Å². The van der Waals surface area contributed by atoms with Crippen molar-refractivity contribution in [2.24, 2.45) is 5.41 Å². The van der Waals surface area contributed by atoms with Crippen LogP contribution in [0.5, 0.6) is 11.5 Å². The molecule has 0 aliphatic rings. The smallest absolute Gasteiger partial charge is 0.269 e. The average Bonchev–Trinajstić information content (AvgIpc) is 3.93. The van der Waals surface area contributed by atoms with Gasteiger partial charge in [0.1, 0.15) is 17.3 Å². The van der Waals surface area contributed by atoms with E-state index in [0.29, 0.717) is 39.6 Å². The maximum Gasteiger partial charge on any atom is 0.269 e. The summed E-state index contributed by atoms with van der Waals surface area (Å²) in [7, 11) is 0. The molecule has 0 aliphatic carbocycles. The Morgan fingerprint density at radius 1 is 0.645 bits per heavy atom. The molecule has 0 radical (unpaired) electrons. The van der Waals surface area contributed by atoms with E-state index in [4.69, 9.17) is 26.2 Å². The highest BCUT2D eigenvalue weighted by Gasteiger charge is 2.22. The first kappa shape index (κ1) is 27.6. The third kappa shape index (κ3) is 7.34. The highest BCUT2D eigenvalue weighted by Crippen LogP contribution is 2.39. The van der Waals surface area contributed by atoms with E-state index in [-0.39, 0.29) is 33.4 Å². The molecule has 0 spiro atoms. The molecule has 3 heterocycles. The van der Waals surface area contributed by atoms with E-state index < -0.39 is 72.2 Å². The van der Waals surface area contributed by atoms with Gasteiger partial charge in [-0.05, 0) is 105 Å². The van der Waals surface area contributed by atoms with Gasteiger partial charge >= 0.3 is 0 Å². The van der Waals surface area contributed by atoms with Crippen LogP contribution in [0.15, 0.2) is 182 Å². The molecule has 7 aromatic carbocycles. The second-order valence-corrected chi connectivity index (χ2v) is 17.3. The zero-order valence-electron chi connectivity index (χ0n) is 47.2. The van der Waals surface area contributed by atoms with Crippen LogP contribution >= 0.6 is 0 Å². The second-order valence-electron chi connectivity index (χ2n) is 17.3. The lowest BCUT2D eigenvalue weighted by molar-refractivity contribution is -0.571. The molecule has 304 valence electrons. The van der Waals surface area contributed by atoms with Gasteiger partial charge in [-0.2, -0.15) is 0 Å². The summed E-state index contributed by atoms with van der Waals surface area (Å²) >= 11 is 0. The van der Waals surface area contributed by atoms with Crippen LogP contribution < -0.4 is 9.30 Å². The predicted molar refractivity (Wildman–Crippen MR) is 255 cm³/mol. The fourth-order valence-electron chi connectivity index (χ4n) is 8.03. The molecule has 62 heavy (non-hydrogen) atoms. The Morgan fingerprint density at radius 3 is 2.05 bits per heavy atom. The molecule has 0 amide bonds. The molecule has 10 aromatic rings. The first-order valence-electron chi connectivity index (χ1n) is 26.5. The molecular formula is C57H50N4O. The van der Waals surface area contributed by atoms with Gasteiger partial charge in [0.15, 0.2) is 0 Å². The molecule has 0 atom stereocenters. The number of fused-ring (bicyclic) bond motifs is 4. The second kappa shape index (κ2) is 15.3. The molecule has 5 heteroatoms. The quantitative estimate of drug-likeness (QED) is 0.113. The molecule has 0 unspecified atom stereocenters. The SMILES string of the molecule is [2H]c1c([2H])c([2H])c(-c2cccc(-c3c([2H])c([2H])c([2H])c([2H])c3[2H])c2-[n+]2[c-]n(-c3cccc(Oc4ccc5c6cc(C(C)(C)C)ccc6n(-c6cc(C([2H])([2H])C(C)(C)C)ccn6)c5c4)c3)c3ccccc32)c([2H])c1[2H]. The number of para-hydroxylation sites is 3. The minimum Gasteiger partial charge on any atom is -0.458 e. The molecule has 3 aromatic heterocycles. The third-order valence-electron chi connectivity index (χ3n) is 10.8. The molecular weight excluding hydrogens is 757 g/mol. The number of aromatic nitrogens is 4. The molecule has 10 rings (SSSR count). The molecule has 0 saturated carbocycles. The molecule has 0 aliphatic heterocycles. The summed E-state index contributed by atoms with van der Waals surface area (Å²) < 4.78 is 117. The van der Waals surface area contributed by atoms with E-state index >= 15 is 0 Å². The summed E-state index contributed by atoms with van der Waals surface area (Å²) in [5.74, 6) is 1.54. The number of rotatable bonds is 8. The van der Waals surface area contributed by atoms with Crippen molar-refractivity contribution in [1.29, 1.82) is 0 Å². The van der Waals surface area contributed by atoms with Crippen molar-refractivity contribution in [3.8, 4) is 50.9 Å². The molecule has 0 fully saturated rings. The van der Waals surface area contributed by atoms with E-state index in [2.05, 4.69) is 45.3 Å². The fraction of sp³-hybridized carbons (Fsp3) is 0.158. The normalized spacial score (nSPS) is 15.1. The number of hydrogen-bond acceptors (Lipinski definition) is 2. The number of nitrogens with zero attached hydrogens (tertiary/aromatic N) is 4. The van der Waals surface area contributed by atoms with Crippen LogP contribution in [0.3, 0.4) is 0 Å². The van der Waals surface area contributed by atoms with Gasteiger partial charge in [-0.25, -0.2) is 4.98 Å². The van der Waals surface area contributed by atoms with Crippen LogP contribution in [0.2, 0.25) is 0 Å². The lowest BCUT2D eigenvalue weighted by atomic mass is 9.86. The maximum absolute atomic E-state index is 9.09. The van der Waals surface area contributed by atoms with Crippen molar-refractivity contribution < 1.29 is 25.8 Å². The van der Waals surface area contributed by atoms with E-state index in [0.717, 1.165) is 27.4 Å². The summed E-state index contributed by atoms with van der Waals surface area (Å²) in [4.78, 5) is 4.80. The Balaban J connectivity index is 1.14. The monoisotopic (exact) mass is 818 g/mol. The molecule has 0 bridgehead atoms. The van der Waals surface area contributed by atoms with Gasteiger partial charge in [-0.15, -0.1) is 0 Å². The molecule has 0 saturated heterocycles. The number of pyridine rings is 1. The van der Waals surface area contributed by atoms with Gasteiger partial charge in [0.25, 0.3) is 6.33 Å². The molecule has 0 N–H and O–H groups in total. The first-order valence-corrected chi connectivity index (χ1v) is 20.5. The summed E-state index contributed by atoms with van der Waals surface area (Å²) in [5, 5.41) is 1.97. The number of ether oxygens (including phenoxy) is 1. The van der Waals surface area contributed by atoms with Crippen molar-refractivity contribution in [3.05, 3.63) is 199 Å². The fourth-order valence-corrected chi connectivity index (χ4v) is 8.03. The van der Waals surface area contributed by atoms with Crippen molar-refractivity contribution in [1.82, 2.24) is 14.1 Å². The Morgan fingerprint density at radius 2 is 1.34 bits per heavy atom. The van der Waals surface area contributed by atoms with Gasteiger partial charge in [-0.1, -0.05) is 157 Å². The zero-order chi connectivity index (χ0) is 53.1. The summed E-state index contributed by atoms with van der Waals surface area (Å²) in [6.07, 6.45) is 3.42.